The maximum atomic E-state index is 13.3. The van der Waals surface area contributed by atoms with Gasteiger partial charge < -0.3 is 5.32 Å². The number of carbonyl (C=O) groups excluding carboxylic acids is 1. The third kappa shape index (κ3) is 3.60. The van der Waals surface area contributed by atoms with Crippen LogP contribution in [0.5, 0.6) is 0 Å². The molecule has 5 heteroatoms. The van der Waals surface area contributed by atoms with Crippen LogP contribution in [0.15, 0.2) is 24.3 Å². The lowest BCUT2D eigenvalue weighted by atomic mass is 10.1. The van der Waals surface area contributed by atoms with Crippen LogP contribution in [0.1, 0.15) is 61.0 Å². The quantitative estimate of drug-likeness (QED) is 0.933. The Morgan fingerprint density at radius 3 is 2.48 bits per heavy atom. The highest BCUT2D eigenvalue weighted by Gasteiger charge is 2.25. The van der Waals surface area contributed by atoms with Crippen LogP contribution in [0.4, 0.5) is 4.39 Å². The molecule has 1 aromatic carbocycles. The van der Waals surface area contributed by atoms with Crippen LogP contribution in [0.2, 0.25) is 0 Å². The first-order chi connectivity index (χ1) is 10.6. The largest absolute Gasteiger partial charge is 0.345 e. The van der Waals surface area contributed by atoms with Gasteiger partial charge in [0.2, 0.25) is 0 Å². The van der Waals surface area contributed by atoms with Crippen LogP contribution in [-0.4, -0.2) is 15.7 Å². The summed E-state index contributed by atoms with van der Waals surface area (Å²) in [5, 5.41) is 7.42. The maximum Gasteiger partial charge on any atom is 0.255 e. The Balaban J connectivity index is 2.26. The lowest BCUT2D eigenvalue weighted by Gasteiger charge is -2.21. The number of rotatable bonds is 3. The van der Waals surface area contributed by atoms with Gasteiger partial charge in [-0.15, -0.1) is 0 Å². The molecule has 0 fully saturated rings. The molecule has 0 saturated heterocycles. The van der Waals surface area contributed by atoms with Crippen LogP contribution >= 0.6 is 0 Å². The third-order valence-corrected chi connectivity index (χ3v) is 3.85. The zero-order chi connectivity index (χ0) is 17.4. The molecule has 23 heavy (non-hydrogen) atoms. The molecular formula is C18H24FN3O. The van der Waals surface area contributed by atoms with E-state index in [1.165, 1.54) is 12.1 Å². The minimum absolute atomic E-state index is 0.188. The van der Waals surface area contributed by atoms with Gasteiger partial charge in [-0.2, -0.15) is 5.10 Å². The van der Waals surface area contributed by atoms with Crippen molar-refractivity contribution in [2.45, 2.75) is 53.1 Å². The van der Waals surface area contributed by atoms with Gasteiger partial charge in [-0.25, -0.2) is 4.39 Å². The van der Waals surface area contributed by atoms with Crippen LogP contribution in [0.3, 0.4) is 0 Å². The lowest BCUT2D eigenvalue weighted by Crippen LogP contribution is -2.28. The molecule has 0 aliphatic heterocycles. The summed E-state index contributed by atoms with van der Waals surface area (Å²) in [4.78, 5) is 12.6. The number of aromatic nitrogens is 2. The number of benzene rings is 1. The van der Waals surface area contributed by atoms with E-state index in [1.54, 1.807) is 12.1 Å². The SMILES string of the molecule is Cc1nn(C(C)(C)C)c(C)c1C(=O)N[C@@H](C)c1cccc(F)c1. The van der Waals surface area contributed by atoms with Gasteiger partial charge >= 0.3 is 0 Å². The van der Waals surface area contributed by atoms with Crippen molar-refractivity contribution in [3.05, 3.63) is 52.6 Å². The number of hydrogen-bond donors (Lipinski definition) is 1. The van der Waals surface area contributed by atoms with Gasteiger partial charge in [0.1, 0.15) is 5.82 Å². The minimum Gasteiger partial charge on any atom is -0.345 e. The molecule has 1 N–H and O–H groups in total. The molecule has 0 spiro atoms. The average Bonchev–Trinajstić information content (AvgIpc) is 2.73. The Bertz CT molecular complexity index is 728. The molecule has 0 unspecified atom stereocenters. The minimum atomic E-state index is -0.309. The van der Waals surface area contributed by atoms with Crippen molar-refractivity contribution in [1.82, 2.24) is 15.1 Å². The maximum absolute atomic E-state index is 13.3. The molecule has 0 bridgehead atoms. The van der Waals surface area contributed by atoms with Crippen molar-refractivity contribution in [3.63, 3.8) is 0 Å². The average molecular weight is 317 g/mol. The second-order valence-corrected chi connectivity index (χ2v) is 6.88. The number of hydrogen-bond acceptors (Lipinski definition) is 2. The van der Waals surface area contributed by atoms with E-state index in [0.717, 1.165) is 11.3 Å². The van der Waals surface area contributed by atoms with Gasteiger partial charge in [-0.1, -0.05) is 12.1 Å². The monoisotopic (exact) mass is 317 g/mol. The van der Waals surface area contributed by atoms with E-state index in [-0.39, 0.29) is 23.3 Å². The molecule has 2 aromatic rings. The van der Waals surface area contributed by atoms with Crippen molar-refractivity contribution in [2.24, 2.45) is 0 Å². The summed E-state index contributed by atoms with van der Waals surface area (Å²) in [6.45, 7) is 11.7. The molecule has 1 heterocycles. The topological polar surface area (TPSA) is 46.9 Å². The zero-order valence-corrected chi connectivity index (χ0v) is 14.6. The second kappa shape index (κ2) is 6.14. The van der Waals surface area contributed by atoms with Crippen molar-refractivity contribution in [3.8, 4) is 0 Å². The first kappa shape index (κ1) is 17.2. The van der Waals surface area contributed by atoms with Crippen LogP contribution in [0, 0.1) is 19.7 Å². The van der Waals surface area contributed by atoms with Crippen LogP contribution in [0.25, 0.3) is 0 Å². The molecule has 0 saturated carbocycles. The van der Waals surface area contributed by atoms with Gasteiger partial charge in [0.15, 0.2) is 0 Å². The van der Waals surface area contributed by atoms with Gasteiger partial charge in [0.25, 0.3) is 5.91 Å². The normalized spacial score (nSPS) is 13.0. The van der Waals surface area contributed by atoms with Gasteiger partial charge in [-0.3, -0.25) is 9.48 Å². The fourth-order valence-electron chi connectivity index (χ4n) is 2.75. The highest BCUT2D eigenvalue weighted by Crippen LogP contribution is 2.22. The van der Waals surface area contributed by atoms with E-state index in [4.69, 9.17) is 0 Å². The van der Waals surface area contributed by atoms with E-state index in [2.05, 4.69) is 10.4 Å². The zero-order valence-electron chi connectivity index (χ0n) is 14.6. The van der Waals surface area contributed by atoms with E-state index in [0.29, 0.717) is 11.3 Å². The Morgan fingerprint density at radius 1 is 1.30 bits per heavy atom. The lowest BCUT2D eigenvalue weighted by molar-refractivity contribution is 0.0938. The summed E-state index contributed by atoms with van der Waals surface area (Å²) in [5.41, 5.74) is 2.65. The second-order valence-electron chi connectivity index (χ2n) is 6.88. The highest BCUT2D eigenvalue weighted by atomic mass is 19.1. The van der Waals surface area contributed by atoms with E-state index in [9.17, 15) is 9.18 Å². The number of nitrogens with one attached hydrogen (secondary N) is 1. The summed E-state index contributed by atoms with van der Waals surface area (Å²) in [6, 6.07) is 5.98. The standard InChI is InChI=1S/C18H24FN3O/c1-11(14-8-7-9-15(19)10-14)20-17(23)16-12(2)21-22(13(16)3)18(4,5)6/h7-11H,1-6H3,(H,20,23)/t11-/m0/s1. The molecule has 0 radical (unpaired) electrons. The first-order valence-electron chi connectivity index (χ1n) is 7.74. The Labute approximate surface area is 136 Å². The van der Waals surface area contributed by atoms with Gasteiger partial charge in [0.05, 0.1) is 22.8 Å². The number of carbonyl (C=O) groups is 1. The summed E-state index contributed by atoms with van der Waals surface area (Å²) < 4.78 is 15.2. The number of nitrogens with zero attached hydrogens (tertiary/aromatic N) is 2. The van der Waals surface area contributed by atoms with E-state index < -0.39 is 0 Å². The number of amides is 1. The van der Waals surface area contributed by atoms with Crippen molar-refractivity contribution >= 4 is 5.91 Å². The predicted molar refractivity (Wildman–Crippen MR) is 89.0 cm³/mol. The summed E-state index contributed by atoms with van der Waals surface area (Å²) >= 11 is 0. The molecular weight excluding hydrogens is 293 g/mol. The Kier molecular flexibility index (Phi) is 4.59. The molecule has 1 aromatic heterocycles. The molecule has 0 aliphatic carbocycles. The van der Waals surface area contributed by atoms with Gasteiger partial charge in [-0.05, 0) is 59.2 Å². The molecule has 4 nitrogen and oxygen atoms in total. The first-order valence-corrected chi connectivity index (χ1v) is 7.74. The highest BCUT2D eigenvalue weighted by molar-refractivity contribution is 5.96. The molecule has 124 valence electrons. The van der Waals surface area contributed by atoms with Crippen molar-refractivity contribution in [1.29, 1.82) is 0 Å². The van der Waals surface area contributed by atoms with Crippen molar-refractivity contribution in [2.75, 3.05) is 0 Å². The molecule has 0 aliphatic rings. The summed E-state index contributed by atoms with van der Waals surface area (Å²) in [7, 11) is 0. The predicted octanol–water partition coefficient (Wildman–Crippen LogP) is 3.89. The fourth-order valence-corrected chi connectivity index (χ4v) is 2.75. The van der Waals surface area contributed by atoms with Crippen LogP contribution < -0.4 is 5.32 Å². The Morgan fingerprint density at radius 2 is 1.96 bits per heavy atom. The molecule has 1 amide bonds. The van der Waals surface area contributed by atoms with Crippen LogP contribution in [-0.2, 0) is 5.54 Å². The Hall–Kier alpha value is -2.17. The smallest absolute Gasteiger partial charge is 0.255 e. The number of halogens is 1. The molecule has 2 rings (SSSR count). The fraction of sp³-hybridized carbons (Fsp3) is 0.444. The van der Waals surface area contributed by atoms with E-state index in [1.807, 2.05) is 46.2 Å². The molecule has 1 atom stereocenters. The van der Waals surface area contributed by atoms with E-state index >= 15 is 0 Å². The summed E-state index contributed by atoms with van der Waals surface area (Å²) in [6.07, 6.45) is 0. The van der Waals surface area contributed by atoms with Gasteiger partial charge in [0, 0.05) is 5.69 Å². The number of aryl methyl sites for hydroxylation is 1. The summed E-state index contributed by atoms with van der Waals surface area (Å²) in [5.74, 6) is -0.497. The van der Waals surface area contributed by atoms with Crippen molar-refractivity contribution < 1.29 is 9.18 Å². The third-order valence-electron chi connectivity index (χ3n) is 3.85.